The maximum atomic E-state index is 11.9. The SMILES string of the molecule is COC(=O)C1=C[C@H](c2ccccc2Br)[C@@H]2CC[C@H]1C2. The largest absolute Gasteiger partial charge is 0.466 e. The summed E-state index contributed by atoms with van der Waals surface area (Å²) in [6, 6.07) is 8.31. The van der Waals surface area contributed by atoms with E-state index < -0.39 is 0 Å². The second kappa shape index (κ2) is 5.12. The molecule has 0 unspecified atom stereocenters. The molecule has 0 spiro atoms. The van der Waals surface area contributed by atoms with Crippen LogP contribution in [0.15, 0.2) is 40.4 Å². The van der Waals surface area contributed by atoms with Crippen molar-refractivity contribution >= 4 is 21.9 Å². The molecule has 1 aromatic rings. The van der Waals surface area contributed by atoms with Gasteiger partial charge in [-0.3, -0.25) is 0 Å². The molecular weight excluding hydrogens is 304 g/mol. The van der Waals surface area contributed by atoms with Crippen molar-refractivity contribution in [2.75, 3.05) is 7.11 Å². The van der Waals surface area contributed by atoms with E-state index in [9.17, 15) is 4.79 Å². The van der Waals surface area contributed by atoms with Crippen molar-refractivity contribution < 1.29 is 9.53 Å². The average molecular weight is 321 g/mol. The van der Waals surface area contributed by atoms with E-state index in [0.717, 1.165) is 22.9 Å². The van der Waals surface area contributed by atoms with Gasteiger partial charge in [-0.05, 0) is 42.7 Å². The third-order valence-corrected chi connectivity index (χ3v) is 5.19. The van der Waals surface area contributed by atoms with Gasteiger partial charge in [0, 0.05) is 16.0 Å². The van der Waals surface area contributed by atoms with Crippen LogP contribution in [-0.4, -0.2) is 13.1 Å². The first-order chi connectivity index (χ1) is 9.20. The molecule has 0 aliphatic heterocycles. The Kier molecular flexibility index (Phi) is 3.48. The van der Waals surface area contributed by atoms with Crippen molar-refractivity contribution in [3.05, 3.63) is 46.0 Å². The molecule has 2 aliphatic carbocycles. The van der Waals surface area contributed by atoms with Gasteiger partial charge in [0.15, 0.2) is 0 Å². The molecule has 100 valence electrons. The fraction of sp³-hybridized carbons (Fsp3) is 0.438. The normalized spacial score (nSPS) is 28.9. The van der Waals surface area contributed by atoms with Crippen LogP contribution >= 0.6 is 15.9 Å². The van der Waals surface area contributed by atoms with E-state index in [1.54, 1.807) is 0 Å². The Hall–Kier alpha value is -1.09. The predicted octanol–water partition coefficient (Wildman–Crippen LogP) is 4.06. The molecule has 2 aliphatic rings. The highest BCUT2D eigenvalue weighted by Gasteiger charge is 2.40. The van der Waals surface area contributed by atoms with Crippen molar-refractivity contribution in [3.8, 4) is 0 Å². The molecule has 3 heteroatoms. The Bertz CT molecular complexity index is 535. The summed E-state index contributed by atoms with van der Waals surface area (Å²) in [6.07, 6.45) is 5.59. The van der Waals surface area contributed by atoms with Crippen molar-refractivity contribution in [3.63, 3.8) is 0 Å². The number of ether oxygens (including phenoxy) is 1. The van der Waals surface area contributed by atoms with Crippen LogP contribution in [0.25, 0.3) is 0 Å². The number of fused-ring (bicyclic) bond motifs is 2. The lowest BCUT2D eigenvalue weighted by atomic mass is 9.77. The van der Waals surface area contributed by atoms with Crippen molar-refractivity contribution in [2.24, 2.45) is 11.8 Å². The summed E-state index contributed by atoms with van der Waals surface area (Å²) in [4.78, 5) is 11.9. The van der Waals surface area contributed by atoms with Gasteiger partial charge in [0.2, 0.25) is 0 Å². The van der Waals surface area contributed by atoms with Gasteiger partial charge in [-0.1, -0.05) is 40.2 Å². The van der Waals surface area contributed by atoms with Gasteiger partial charge in [0.1, 0.15) is 0 Å². The number of halogens is 1. The fourth-order valence-corrected chi connectivity index (χ4v) is 4.08. The van der Waals surface area contributed by atoms with E-state index in [2.05, 4.69) is 40.2 Å². The molecule has 19 heavy (non-hydrogen) atoms. The minimum absolute atomic E-state index is 0.151. The van der Waals surface area contributed by atoms with Crippen LogP contribution in [-0.2, 0) is 9.53 Å². The van der Waals surface area contributed by atoms with Crippen LogP contribution < -0.4 is 0 Å². The van der Waals surface area contributed by atoms with E-state index in [-0.39, 0.29) is 5.97 Å². The fourth-order valence-electron chi connectivity index (χ4n) is 3.53. The highest BCUT2D eigenvalue weighted by molar-refractivity contribution is 9.10. The number of hydrogen-bond acceptors (Lipinski definition) is 2. The second-order valence-corrected chi connectivity index (χ2v) is 6.29. The van der Waals surface area contributed by atoms with E-state index in [0.29, 0.717) is 17.8 Å². The minimum Gasteiger partial charge on any atom is -0.466 e. The van der Waals surface area contributed by atoms with Crippen molar-refractivity contribution in [1.29, 1.82) is 0 Å². The minimum atomic E-state index is -0.151. The van der Waals surface area contributed by atoms with E-state index >= 15 is 0 Å². The highest BCUT2D eigenvalue weighted by atomic mass is 79.9. The Morgan fingerprint density at radius 2 is 2.11 bits per heavy atom. The third-order valence-electron chi connectivity index (χ3n) is 4.47. The molecule has 0 amide bonds. The molecule has 1 fully saturated rings. The zero-order valence-corrected chi connectivity index (χ0v) is 12.5. The van der Waals surface area contributed by atoms with Gasteiger partial charge in [-0.2, -0.15) is 0 Å². The van der Waals surface area contributed by atoms with Gasteiger partial charge >= 0.3 is 5.97 Å². The zero-order chi connectivity index (χ0) is 13.4. The lowest BCUT2D eigenvalue weighted by Gasteiger charge is -2.28. The van der Waals surface area contributed by atoms with Crippen LogP contribution in [0, 0.1) is 11.8 Å². The molecule has 1 aromatic carbocycles. The number of esters is 1. The summed E-state index contributed by atoms with van der Waals surface area (Å²) < 4.78 is 6.07. The lowest BCUT2D eigenvalue weighted by molar-refractivity contribution is -0.136. The summed E-state index contributed by atoms with van der Waals surface area (Å²) in [5.41, 5.74) is 2.17. The van der Waals surface area contributed by atoms with Gasteiger partial charge in [-0.15, -0.1) is 0 Å². The zero-order valence-electron chi connectivity index (χ0n) is 10.9. The van der Waals surface area contributed by atoms with E-state index in [1.165, 1.54) is 19.1 Å². The number of carbonyl (C=O) groups excluding carboxylic acids is 1. The van der Waals surface area contributed by atoms with Gasteiger partial charge < -0.3 is 4.74 Å². The van der Waals surface area contributed by atoms with Crippen LogP contribution in [0.5, 0.6) is 0 Å². The topological polar surface area (TPSA) is 26.3 Å². The Balaban J connectivity index is 2.01. The number of carbonyl (C=O) groups is 1. The molecule has 0 aromatic heterocycles. The first-order valence-electron chi connectivity index (χ1n) is 6.75. The van der Waals surface area contributed by atoms with Crippen molar-refractivity contribution in [2.45, 2.75) is 25.2 Å². The molecule has 0 N–H and O–H groups in total. The number of hydrogen-bond donors (Lipinski definition) is 0. The summed E-state index contributed by atoms with van der Waals surface area (Å²) >= 11 is 3.63. The third kappa shape index (κ3) is 2.25. The molecule has 2 bridgehead atoms. The maximum absolute atomic E-state index is 11.9. The van der Waals surface area contributed by atoms with E-state index in [4.69, 9.17) is 4.74 Å². The summed E-state index contributed by atoms with van der Waals surface area (Å²) in [5.74, 6) is 1.26. The summed E-state index contributed by atoms with van der Waals surface area (Å²) in [6.45, 7) is 0. The van der Waals surface area contributed by atoms with Crippen LogP contribution in [0.1, 0.15) is 30.7 Å². The molecule has 0 radical (unpaired) electrons. The molecule has 2 nitrogen and oxygen atoms in total. The van der Waals surface area contributed by atoms with Gasteiger partial charge in [-0.25, -0.2) is 4.79 Å². The van der Waals surface area contributed by atoms with E-state index in [1.807, 2.05) is 6.07 Å². The predicted molar refractivity (Wildman–Crippen MR) is 77.8 cm³/mol. The molecule has 1 saturated carbocycles. The highest BCUT2D eigenvalue weighted by Crippen LogP contribution is 2.50. The first-order valence-corrected chi connectivity index (χ1v) is 7.54. The van der Waals surface area contributed by atoms with Crippen molar-refractivity contribution in [1.82, 2.24) is 0 Å². The average Bonchev–Trinajstić information content (AvgIpc) is 2.84. The Morgan fingerprint density at radius 3 is 2.84 bits per heavy atom. The molecule has 3 rings (SSSR count). The Morgan fingerprint density at radius 1 is 1.32 bits per heavy atom. The molecule has 0 saturated heterocycles. The molecule has 3 atom stereocenters. The smallest absolute Gasteiger partial charge is 0.333 e. The standard InChI is InChI=1S/C16H17BrO2/c1-19-16(18)14-9-13(10-6-7-11(14)8-10)12-4-2-3-5-15(12)17/h2-5,9-11,13H,6-8H2,1H3/t10-,11+,13+/m1/s1. The monoisotopic (exact) mass is 320 g/mol. The van der Waals surface area contributed by atoms with Gasteiger partial charge in [0.05, 0.1) is 7.11 Å². The Labute approximate surface area is 122 Å². The number of methoxy groups -OCH3 is 1. The number of benzene rings is 1. The summed E-state index contributed by atoms with van der Waals surface area (Å²) in [7, 11) is 1.47. The lowest BCUT2D eigenvalue weighted by Crippen LogP contribution is -2.20. The summed E-state index contributed by atoms with van der Waals surface area (Å²) in [5, 5.41) is 0. The maximum Gasteiger partial charge on any atom is 0.333 e. The first kappa shape index (κ1) is 12.9. The second-order valence-electron chi connectivity index (χ2n) is 5.43. The number of allylic oxidation sites excluding steroid dienone is 1. The number of rotatable bonds is 2. The molecular formula is C16H17BrO2. The van der Waals surface area contributed by atoms with Gasteiger partial charge in [0.25, 0.3) is 0 Å². The van der Waals surface area contributed by atoms with Crippen LogP contribution in [0.3, 0.4) is 0 Å². The quantitative estimate of drug-likeness (QED) is 0.768. The van der Waals surface area contributed by atoms with Crippen LogP contribution in [0.2, 0.25) is 0 Å². The molecule has 0 heterocycles. The van der Waals surface area contributed by atoms with Crippen LogP contribution in [0.4, 0.5) is 0 Å².